The molecule has 0 fully saturated rings. The van der Waals surface area contributed by atoms with Crippen LogP contribution >= 0.6 is 12.2 Å². The summed E-state index contributed by atoms with van der Waals surface area (Å²) < 4.78 is 0. The Hall–Kier alpha value is -2.87. The third-order valence-corrected chi connectivity index (χ3v) is 4.28. The highest BCUT2D eigenvalue weighted by molar-refractivity contribution is 7.80. The Morgan fingerprint density at radius 1 is 1.50 bits per heavy atom. The Morgan fingerprint density at radius 2 is 2.29 bits per heavy atom. The number of nitrogens with one attached hydrogen (secondary N) is 2. The van der Waals surface area contributed by atoms with Gasteiger partial charge < -0.3 is 10.6 Å². The number of nitro groups is 1. The molecular weight excluding hydrogens is 328 g/mol. The first-order valence-electron chi connectivity index (χ1n) is 7.35. The number of amides is 1. The Balaban J connectivity index is 2.01. The molecule has 2 heterocycles. The van der Waals surface area contributed by atoms with Gasteiger partial charge in [-0.3, -0.25) is 19.9 Å². The number of thiocarbonyl (C=S) groups is 1. The van der Waals surface area contributed by atoms with E-state index in [0.29, 0.717) is 16.2 Å². The summed E-state index contributed by atoms with van der Waals surface area (Å²) in [4.78, 5) is 27.6. The Kier molecular flexibility index (Phi) is 4.22. The fraction of sp³-hybridized carbons (Fsp3) is 0.188. The maximum atomic E-state index is 12.3. The number of pyridine rings is 1. The number of benzene rings is 1. The number of hydrogen-bond acceptors (Lipinski definition) is 5. The summed E-state index contributed by atoms with van der Waals surface area (Å²) in [5, 5.41) is 17.0. The van der Waals surface area contributed by atoms with Crippen LogP contribution in [0.15, 0.2) is 36.7 Å². The lowest BCUT2D eigenvalue weighted by Crippen LogP contribution is -2.13. The van der Waals surface area contributed by atoms with Crippen molar-refractivity contribution in [1.29, 1.82) is 0 Å². The summed E-state index contributed by atoms with van der Waals surface area (Å²) in [6, 6.07) is 6.26. The number of anilines is 2. The fourth-order valence-electron chi connectivity index (χ4n) is 2.71. The highest BCUT2D eigenvalue weighted by Crippen LogP contribution is 2.41. The van der Waals surface area contributed by atoms with Crippen molar-refractivity contribution in [2.75, 3.05) is 10.6 Å². The molecule has 8 heteroatoms. The number of rotatable bonds is 4. The van der Waals surface area contributed by atoms with Crippen LogP contribution < -0.4 is 10.6 Å². The zero-order valence-corrected chi connectivity index (χ0v) is 13.6. The number of carbonyl (C=O) groups excluding carboxylic acids is 1. The molecule has 24 heavy (non-hydrogen) atoms. The van der Waals surface area contributed by atoms with Gasteiger partial charge in [-0.1, -0.05) is 19.1 Å². The molecule has 1 aromatic carbocycles. The molecule has 2 N–H and O–H groups in total. The van der Waals surface area contributed by atoms with Crippen molar-refractivity contribution in [3.63, 3.8) is 0 Å². The zero-order valence-electron chi connectivity index (χ0n) is 12.8. The molecule has 122 valence electrons. The summed E-state index contributed by atoms with van der Waals surface area (Å²) in [5.74, 6) is -0.461. The van der Waals surface area contributed by atoms with Crippen molar-refractivity contribution in [2.45, 2.75) is 19.3 Å². The summed E-state index contributed by atoms with van der Waals surface area (Å²) in [6.45, 7) is 1.99. The van der Waals surface area contributed by atoms with Crippen LogP contribution in [0.2, 0.25) is 0 Å². The first-order chi connectivity index (χ1) is 11.5. The van der Waals surface area contributed by atoms with Gasteiger partial charge in [0.1, 0.15) is 5.69 Å². The molecular formula is C16H14N4O3S. The van der Waals surface area contributed by atoms with E-state index in [1.807, 2.05) is 6.92 Å². The van der Waals surface area contributed by atoms with Gasteiger partial charge in [0.15, 0.2) is 0 Å². The van der Waals surface area contributed by atoms with E-state index < -0.39 is 10.8 Å². The second kappa shape index (κ2) is 6.32. The molecule has 1 amide bonds. The zero-order chi connectivity index (χ0) is 17.3. The van der Waals surface area contributed by atoms with Gasteiger partial charge in [0.2, 0.25) is 0 Å². The van der Waals surface area contributed by atoms with Crippen LogP contribution in [-0.2, 0) is 0 Å². The third-order valence-electron chi connectivity index (χ3n) is 3.89. The topological polar surface area (TPSA) is 97.2 Å². The van der Waals surface area contributed by atoms with E-state index in [4.69, 9.17) is 12.2 Å². The van der Waals surface area contributed by atoms with Gasteiger partial charge in [0.05, 0.1) is 15.5 Å². The standard InChI is InChI=1S/C16H14N4O3S/c1-2-10-11-6-13(18-15(21)9-4-3-5-17-8-9)14(20(22)23)7-12(11)19-16(10)24/h3-8,10H,2H2,1H3,(H,18,21)(H,19,24). The van der Waals surface area contributed by atoms with Crippen LogP contribution in [-0.4, -0.2) is 20.8 Å². The number of nitrogens with zero attached hydrogens (tertiary/aromatic N) is 2. The molecule has 0 bridgehead atoms. The second-order valence-electron chi connectivity index (χ2n) is 5.36. The SMILES string of the molecule is CCC1C(=S)Nc2cc([N+](=O)[O-])c(NC(=O)c3cccnc3)cc21. The number of aromatic nitrogens is 1. The van der Waals surface area contributed by atoms with Crippen molar-refractivity contribution < 1.29 is 9.72 Å². The molecule has 0 radical (unpaired) electrons. The number of fused-ring (bicyclic) bond motifs is 1. The summed E-state index contributed by atoms with van der Waals surface area (Å²) >= 11 is 5.28. The summed E-state index contributed by atoms with van der Waals surface area (Å²) in [7, 11) is 0. The largest absolute Gasteiger partial charge is 0.349 e. The molecule has 0 saturated carbocycles. The van der Waals surface area contributed by atoms with Crippen molar-refractivity contribution >= 4 is 40.2 Å². The summed E-state index contributed by atoms with van der Waals surface area (Å²) in [5.41, 5.74) is 1.77. The van der Waals surface area contributed by atoms with E-state index >= 15 is 0 Å². The Labute approximate surface area is 143 Å². The molecule has 2 aromatic rings. The van der Waals surface area contributed by atoms with E-state index in [-0.39, 0.29) is 17.3 Å². The number of carbonyl (C=O) groups is 1. The first-order valence-corrected chi connectivity index (χ1v) is 7.76. The number of nitro benzene ring substituents is 1. The Morgan fingerprint density at radius 3 is 2.92 bits per heavy atom. The van der Waals surface area contributed by atoms with Crippen LogP contribution in [0, 0.1) is 10.1 Å². The van der Waals surface area contributed by atoms with Gasteiger partial charge in [-0.15, -0.1) is 0 Å². The third kappa shape index (κ3) is 2.83. The maximum Gasteiger partial charge on any atom is 0.294 e. The van der Waals surface area contributed by atoms with Gasteiger partial charge in [-0.05, 0) is 30.2 Å². The summed E-state index contributed by atoms with van der Waals surface area (Å²) in [6.07, 6.45) is 3.72. The Bertz CT molecular complexity index is 839. The molecule has 3 rings (SSSR count). The fourth-order valence-corrected chi connectivity index (χ4v) is 3.11. The van der Waals surface area contributed by atoms with Crippen LogP contribution in [0.25, 0.3) is 0 Å². The first kappa shape index (κ1) is 16.0. The van der Waals surface area contributed by atoms with Gasteiger partial charge in [-0.2, -0.15) is 0 Å². The quantitative estimate of drug-likeness (QED) is 0.501. The minimum absolute atomic E-state index is 0.00940. The van der Waals surface area contributed by atoms with Crippen LogP contribution in [0.3, 0.4) is 0 Å². The lowest BCUT2D eigenvalue weighted by atomic mass is 9.97. The van der Waals surface area contributed by atoms with Gasteiger partial charge in [-0.25, -0.2) is 0 Å². The highest BCUT2D eigenvalue weighted by Gasteiger charge is 2.30. The molecule has 1 aromatic heterocycles. The van der Waals surface area contributed by atoms with Crippen molar-refractivity contribution in [1.82, 2.24) is 4.98 Å². The average Bonchev–Trinajstić information content (AvgIpc) is 2.88. The van der Waals surface area contributed by atoms with Crippen molar-refractivity contribution in [2.24, 2.45) is 0 Å². The molecule has 0 saturated heterocycles. The van der Waals surface area contributed by atoms with Crippen molar-refractivity contribution in [3.8, 4) is 0 Å². The monoisotopic (exact) mass is 342 g/mol. The average molecular weight is 342 g/mol. The lowest BCUT2D eigenvalue weighted by molar-refractivity contribution is -0.383. The predicted molar refractivity (Wildman–Crippen MR) is 94.5 cm³/mol. The maximum absolute atomic E-state index is 12.3. The lowest BCUT2D eigenvalue weighted by Gasteiger charge is -2.10. The second-order valence-corrected chi connectivity index (χ2v) is 5.80. The van der Waals surface area contributed by atoms with Crippen LogP contribution in [0.1, 0.15) is 35.2 Å². The minimum atomic E-state index is -0.525. The molecule has 0 aliphatic carbocycles. The normalized spacial score (nSPS) is 15.5. The van der Waals surface area contributed by atoms with Gasteiger partial charge in [0, 0.05) is 30.1 Å². The minimum Gasteiger partial charge on any atom is -0.349 e. The predicted octanol–water partition coefficient (Wildman–Crippen LogP) is 3.49. The molecule has 1 aliphatic rings. The van der Waals surface area contributed by atoms with Gasteiger partial charge in [0.25, 0.3) is 11.6 Å². The molecule has 7 nitrogen and oxygen atoms in total. The molecule has 1 atom stereocenters. The van der Waals surface area contributed by atoms with Crippen LogP contribution in [0.4, 0.5) is 17.1 Å². The smallest absolute Gasteiger partial charge is 0.294 e. The van der Waals surface area contributed by atoms with E-state index in [0.717, 1.165) is 12.0 Å². The highest BCUT2D eigenvalue weighted by atomic mass is 32.1. The van der Waals surface area contributed by atoms with E-state index in [9.17, 15) is 14.9 Å². The molecule has 0 spiro atoms. The number of hydrogen-bond donors (Lipinski definition) is 2. The van der Waals surface area contributed by atoms with E-state index in [1.165, 1.54) is 12.3 Å². The van der Waals surface area contributed by atoms with Crippen LogP contribution in [0.5, 0.6) is 0 Å². The molecule has 1 unspecified atom stereocenters. The van der Waals surface area contributed by atoms with Crippen molar-refractivity contribution in [3.05, 3.63) is 57.9 Å². The van der Waals surface area contributed by atoms with E-state index in [1.54, 1.807) is 24.4 Å². The molecule has 1 aliphatic heterocycles. The van der Waals surface area contributed by atoms with Gasteiger partial charge >= 0.3 is 0 Å². The van der Waals surface area contributed by atoms with E-state index in [2.05, 4.69) is 15.6 Å².